The number of halogens is 1. The fourth-order valence-corrected chi connectivity index (χ4v) is 3.73. The second-order valence-corrected chi connectivity index (χ2v) is 6.71. The van der Waals surface area contributed by atoms with Crippen molar-refractivity contribution in [1.82, 2.24) is 9.88 Å². The minimum absolute atomic E-state index is 0.299. The quantitative estimate of drug-likeness (QED) is 0.759. The highest BCUT2D eigenvalue weighted by molar-refractivity contribution is 6.01. The molecule has 0 saturated heterocycles. The van der Waals surface area contributed by atoms with Gasteiger partial charge in [0.1, 0.15) is 11.6 Å². The molecule has 134 valence electrons. The zero-order valence-corrected chi connectivity index (χ0v) is 15.1. The molecule has 0 amide bonds. The van der Waals surface area contributed by atoms with Crippen molar-refractivity contribution in [3.05, 3.63) is 53.5 Å². The third kappa shape index (κ3) is 2.69. The number of benzene rings is 2. The predicted octanol–water partition coefficient (Wildman–Crippen LogP) is 4.36. The highest BCUT2D eigenvalue weighted by Gasteiger charge is 2.24. The van der Waals surface area contributed by atoms with Crippen molar-refractivity contribution in [2.75, 3.05) is 19.4 Å². The molecule has 3 aromatic rings. The van der Waals surface area contributed by atoms with Gasteiger partial charge < -0.3 is 10.5 Å². The first-order valence-corrected chi connectivity index (χ1v) is 8.88. The Bertz CT molecular complexity index is 987. The fraction of sp³-hybridized carbons (Fsp3) is 0.286. The van der Waals surface area contributed by atoms with Crippen LogP contribution in [0, 0.1) is 5.82 Å². The maximum absolute atomic E-state index is 14.5. The Hall–Kier alpha value is -2.66. The summed E-state index contributed by atoms with van der Waals surface area (Å²) in [6, 6.07) is 10.5. The van der Waals surface area contributed by atoms with E-state index in [-0.39, 0.29) is 5.82 Å². The summed E-state index contributed by atoms with van der Waals surface area (Å²) in [5, 5.41) is 0.877. The number of rotatable bonds is 4. The molecule has 0 atom stereocenters. The van der Waals surface area contributed by atoms with Crippen molar-refractivity contribution in [2.24, 2.45) is 0 Å². The summed E-state index contributed by atoms with van der Waals surface area (Å²) in [6.45, 7) is 4.80. The van der Waals surface area contributed by atoms with Gasteiger partial charge in [-0.25, -0.2) is 4.39 Å². The lowest BCUT2D eigenvalue weighted by molar-refractivity contribution is 0.283. The molecule has 2 heterocycles. The van der Waals surface area contributed by atoms with Gasteiger partial charge in [-0.1, -0.05) is 25.1 Å². The molecule has 0 bridgehead atoms. The number of hydrogen-bond donors (Lipinski definition) is 1. The molecule has 26 heavy (non-hydrogen) atoms. The van der Waals surface area contributed by atoms with Gasteiger partial charge in [0.15, 0.2) is 0 Å². The van der Waals surface area contributed by atoms with E-state index in [1.165, 1.54) is 6.07 Å². The minimum atomic E-state index is -0.299. The van der Waals surface area contributed by atoms with Gasteiger partial charge >= 0.3 is 0 Å². The van der Waals surface area contributed by atoms with E-state index in [1.54, 1.807) is 19.2 Å². The van der Waals surface area contributed by atoms with Crippen LogP contribution in [-0.4, -0.2) is 23.5 Å². The Morgan fingerprint density at radius 1 is 1.19 bits per heavy atom. The number of aromatic nitrogens is 1. The maximum Gasteiger partial charge on any atom is 0.131 e. The van der Waals surface area contributed by atoms with Crippen LogP contribution >= 0.6 is 0 Å². The second kappa shape index (κ2) is 6.57. The predicted molar refractivity (Wildman–Crippen MR) is 103 cm³/mol. The van der Waals surface area contributed by atoms with Crippen LogP contribution in [0.2, 0.25) is 0 Å². The summed E-state index contributed by atoms with van der Waals surface area (Å²) < 4.78 is 19.8. The van der Waals surface area contributed by atoms with Crippen molar-refractivity contribution < 1.29 is 9.13 Å². The number of fused-ring (bicyclic) bond motifs is 2. The van der Waals surface area contributed by atoms with Crippen molar-refractivity contribution in [1.29, 1.82) is 0 Å². The molecular formula is C21H22FN3O. The topological polar surface area (TPSA) is 51.4 Å². The minimum Gasteiger partial charge on any atom is -0.497 e. The molecule has 4 nitrogen and oxygen atoms in total. The van der Waals surface area contributed by atoms with Crippen LogP contribution in [0.5, 0.6) is 5.75 Å². The van der Waals surface area contributed by atoms with E-state index in [0.29, 0.717) is 11.3 Å². The third-order valence-corrected chi connectivity index (χ3v) is 5.01. The standard InChI is InChI=1S/C21H22FN3O/c1-3-9-25-11-17-19(12-25)24-21-14(5-4-6-15(21)20(17)23)16-10-13(26-2)7-8-18(16)22/h4-8,10H,3,9,11-12H2,1-2H3,(H2,23,24). The Morgan fingerprint density at radius 3 is 2.81 bits per heavy atom. The molecule has 1 aliphatic heterocycles. The zero-order chi connectivity index (χ0) is 18.3. The SMILES string of the molecule is CCCN1Cc2nc3c(-c4cc(OC)ccc4F)cccc3c(N)c2C1. The van der Waals surface area contributed by atoms with Crippen LogP contribution in [0.4, 0.5) is 10.1 Å². The number of methoxy groups -OCH3 is 1. The summed E-state index contributed by atoms with van der Waals surface area (Å²) in [7, 11) is 1.57. The van der Waals surface area contributed by atoms with E-state index < -0.39 is 0 Å². The van der Waals surface area contributed by atoms with E-state index in [1.807, 2.05) is 18.2 Å². The average Bonchev–Trinajstić information content (AvgIpc) is 3.05. The first-order valence-electron chi connectivity index (χ1n) is 8.88. The molecule has 5 heteroatoms. The summed E-state index contributed by atoms with van der Waals surface area (Å²) in [6.07, 6.45) is 1.09. The van der Waals surface area contributed by atoms with Gasteiger partial charge in [0.25, 0.3) is 0 Å². The normalized spacial score (nSPS) is 14.0. The van der Waals surface area contributed by atoms with Gasteiger partial charge in [-0.3, -0.25) is 9.88 Å². The molecule has 1 aromatic heterocycles. The number of hydrogen-bond acceptors (Lipinski definition) is 4. The lowest BCUT2D eigenvalue weighted by Gasteiger charge is -2.13. The van der Waals surface area contributed by atoms with Crippen LogP contribution in [-0.2, 0) is 13.1 Å². The van der Waals surface area contributed by atoms with Gasteiger partial charge in [0.2, 0.25) is 0 Å². The second-order valence-electron chi connectivity index (χ2n) is 6.71. The number of nitrogens with zero attached hydrogens (tertiary/aromatic N) is 2. The third-order valence-electron chi connectivity index (χ3n) is 5.01. The fourth-order valence-electron chi connectivity index (χ4n) is 3.73. The van der Waals surface area contributed by atoms with Gasteiger partial charge in [-0.05, 0) is 31.2 Å². The Balaban J connectivity index is 1.91. The molecule has 2 aromatic carbocycles. The molecule has 0 fully saturated rings. The summed E-state index contributed by atoms with van der Waals surface area (Å²) >= 11 is 0. The van der Waals surface area contributed by atoms with Gasteiger partial charge in [-0.15, -0.1) is 0 Å². The van der Waals surface area contributed by atoms with E-state index >= 15 is 0 Å². The number of para-hydroxylation sites is 1. The lowest BCUT2D eigenvalue weighted by Crippen LogP contribution is -2.16. The Labute approximate surface area is 152 Å². The Kier molecular flexibility index (Phi) is 4.24. The molecule has 2 N–H and O–H groups in total. The van der Waals surface area contributed by atoms with Crippen LogP contribution < -0.4 is 10.5 Å². The van der Waals surface area contributed by atoms with Crippen molar-refractivity contribution in [3.63, 3.8) is 0 Å². The van der Waals surface area contributed by atoms with Crippen molar-refractivity contribution in [3.8, 4) is 16.9 Å². The highest BCUT2D eigenvalue weighted by atomic mass is 19.1. The number of ether oxygens (including phenoxy) is 1. The maximum atomic E-state index is 14.5. The highest BCUT2D eigenvalue weighted by Crippen LogP contribution is 2.37. The molecule has 0 unspecified atom stereocenters. The average molecular weight is 351 g/mol. The van der Waals surface area contributed by atoms with Gasteiger partial charge in [0.05, 0.1) is 18.3 Å². The zero-order valence-electron chi connectivity index (χ0n) is 15.1. The largest absolute Gasteiger partial charge is 0.497 e. The molecular weight excluding hydrogens is 329 g/mol. The van der Waals surface area contributed by atoms with Gasteiger partial charge in [-0.2, -0.15) is 0 Å². The van der Waals surface area contributed by atoms with E-state index in [9.17, 15) is 4.39 Å². The number of pyridine rings is 1. The number of nitrogen functional groups attached to an aromatic ring is 1. The monoisotopic (exact) mass is 351 g/mol. The van der Waals surface area contributed by atoms with Crippen LogP contribution in [0.3, 0.4) is 0 Å². The van der Waals surface area contributed by atoms with Crippen LogP contribution in [0.15, 0.2) is 36.4 Å². The van der Waals surface area contributed by atoms with Crippen LogP contribution in [0.25, 0.3) is 22.0 Å². The van der Waals surface area contributed by atoms with E-state index in [0.717, 1.165) is 59.5 Å². The van der Waals surface area contributed by atoms with E-state index in [4.69, 9.17) is 15.5 Å². The van der Waals surface area contributed by atoms with E-state index in [2.05, 4.69) is 11.8 Å². The van der Waals surface area contributed by atoms with Crippen LogP contribution in [0.1, 0.15) is 24.6 Å². The Morgan fingerprint density at radius 2 is 2.04 bits per heavy atom. The molecule has 0 radical (unpaired) electrons. The number of anilines is 1. The van der Waals surface area contributed by atoms with Crippen molar-refractivity contribution in [2.45, 2.75) is 26.4 Å². The molecule has 0 aliphatic carbocycles. The first-order chi connectivity index (χ1) is 12.6. The summed E-state index contributed by atoms with van der Waals surface area (Å²) in [4.78, 5) is 7.24. The summed E-state index contributed by atoms with van der Waals surface area (Å²) in [5.74, 6) is 0.313. The molecule has 0 spiro atoms. The smallest absolute Gasteiger partial charge is 0.131 e. The molecule has 1 aliphatic rings. The van der Waals surface area contributed by atoms with Gasteiger partial charge in [0, 0.05) is 40.9 Å². The molecule has 4 rings (SSSR count). The molecule has 0 saturated carbocycles. The first kappa shape index (κ1) is 16.8. The summed E-state index contributed by atoms with van der Waals surface area (Å²) in [5.41, 5.74) is 11.3. The number of nitrogens with two attached hydrogens (primary N) is 1. The van der Waals surface area contributed by atoms with Crippen molar-refractivity contribution >= 4 is 16.6 Å². The lowest BCUT2D eigenvalue weighted by atomic mass is 9.98.